The van der Waals surface area contributed by atoms with E-state index in [0.29, 0.717) is 18.0 Å². The fraction of sp³-hybridized carbons (Fsp3) is 0.348. The van der Waals surface area contributed by atoms with Gasteiger partial charge in [-0.25, -0.2) is 0 Å². The molecule has 1 saturated heterocycles. The van der Waals surface area contributed by atoms with Crippen molar-refractivity contribution in [2.45, 2.75) is 19.4 Å². The van der Waals surface area contributed by atoms with Gasteiger partial charge < -0.3 is 10.1 Å². The van der Waals surface area contributed by atoms with Gasteiger partial charge in [-0.05, 0) is 61.7 Å². The molecule has 1 aromatic carbocycles. The van der Waals surface area contributed by atoms with E-state index in [2.05, 4.69) is 25.4 Å². The molecule has 4 rings (SSSR count). The third kappa shape index (κ3) is 4.86. The third-order valence-corrected chi connectivity index (χ3v) is 5.57. The zero-order chi connectivity index (χ0) is 20.8. The van der Waals surface area contributed by atoms with Gasteiger partial charge in [0.2, 0.25) is 0 Å². The van der Waals surface area contributed by atoms with Crippen LogP contribution in [0.4, 0.5) is 0 Å². The van der Waals surface area contributed by atoms with Crippen LogP contribution in [0.3, 0.4) is 0 Å². The van der Waals surface area contributed by atoms with Crippen LogP contribution >= 0.6 is 0 Å². The van der Waals surface area contributed by atoms with Crippen molar-refractivity contribution in [3.8, 4) is 17.0 Å². The quantitative estimate of drug-likeness (QED) is 0.631. The Morgan fingerprint density at radius 1 is 1.27 bits per heavy atom. The second-order valence-electron chi connectivity index (χ2n) is 7.69. The first-order valence-electron chi connectivity index (χ1n) is 10.3. The van der Waals surface area contributed by atoms with Crippen LogP contribution in [0.15, 0.2) is 55.0 Å². The standard InChI is InChI=1S/C23H27N5O2/c1-30-21-8-6-18(7-9-21)22-20(14-26-27-22)16-28-11-3-4-17(15-28)12-25-23(29)19-5-2-10-24-13-19/h2,5-10,13-14,17H,3-4,11-12,15-16H2,1H3,(H,25,29)(H,26,27). The minimum Gasteiger partial charge on any atom is -0.497 e. The molecule has 1 atom stereocenters. The second kappa shape index (κ2) is 9.54. The van der Waals surface area contributed by atoms with E-state index in [1.807, 2.05) is 30.5 Å². The Bertz CT molecular complexity index is 955. The average molecular weight is 406 g/mol. The lowest BCUT2D eigenvalue weighted by Crippen LogP contribution is -2.40. The monoisotopic (exact) mass is 405 g/mol. The summed E-state index contributed by atoms with van der Waals surface area (Å²) in [6, 6.07) is 11.6. The molecule has 1 fully saturated rings. The molecule has 1 unspecified atom stereocenters. The van der Waals surface area contributed by atoms with Crippen molar-refractivity contribution in [2.75, 3.05) is 26.7 Å². The summed E-state index contributed by atoms with van der Waals surface area (Å²) < 4.78 is 5.25. The fourth-order valence-electron chi connectivity index (χ4n) is 3.98. The summed E-state index contributed by atoms with van der Waals surface area (Å²) in [5.74, 6) is 1.22. The SMILES string of the molecule is COc1ccc(-c2[nH]ncc2CN2CCCC(CNC(=O)c3cccnc3)C2)cc1. The molecule has 0 radical (unpaired) electrons. The van der Waals surface area contributed by atoms with E-state index in [-0.39, 0.29) is 5.91 Å². The van der Waals surface area contributed by atoms with Gasteiger partial charge in [0.25, 0.3) is 5.91 Å². The van der Waals surface area contributed by atoms with Gasteiger partial charge in [0.15, 0.2) is 0 Å². The van der Waals surface area contributed by atoms with Gasteiger partial charge in [-0.3, -0.25) is 19.8 Å². The number of hydrogen-bond acceptors (Lipinski definition) is 5. The van der Waals surface area contributed by atoms with Gasteiger partial charge in [0, 0.05) is 43.2 Å². The van der Waals surface area contributed by atoms with Gasteiger partial charge in [-0.1, -0.05) is 0 Å². The smallest absolute Gasteiger partial charge is 0.252 e. The number of benzene rings is 1. The number of nitrogens with one attached hydrogen (secondary N) is 2. The third-order valence-electron chi connectivity index (χ3n) is 5.57. The van der Waals surface area contributed by atoms with E-state index < -0.39 is 0 Å². The van der Waals surface area contributed by atoms with Gasteiger partial charge in [-0.2, -0.15) is 5.10 Å². The highest BCUT2D eigenvalue weighted by Gasteiger charge is 2.22. The van der Waals surface area contributed by atoms with Crippen LogP contribution in [-0.4, -0.2) is 52.7 Å². The molecule has 3 heterocycles. The normalized spacial score (nSPS) is 16.9. The Labute approximate surface area is 176 Å². The molecule has 7 heteroatoms. The molecule has 0 aliphatic carbocycles. The van der Waals surface area contributed by atoms with Crippen LogP contribution in [0.1, 0.15) is 28.8 Å². The maximum Gasteiger partial charge on any atom is 0.252 e. The largest absolute Gasteiger partial charge is 0.497 e. The number of carbonyl (C=O) groups is 1. The molecule has 1 aliphatic rings. The molecule has 2 aromatic heterocycles. The van der Waals surface area contributed by atoms with E-state index in [0.717, 1.165) is 49.5 Å². The number of amides is 1. The summed E-state index contributed by atoms with van der Waals surface area (Å²) in [5.41, 5.74) is 3.93. The highest BCUT2D eigenvalue weighted by molar-refractivity contribution is 5.93. The topological polar surface area (TPSA) is 83.1 Å². The van der Waals surface area contributed by atoms with Crippen LogP contribution < -0.4 is 10.1 Å². The summed E-state index contributed by atoms with van der Waals surface area (Å²) in [7, 11) is 1.67. The Balaban J connectivity index is 1.34. The van der Waals surface area contributed by atoms with Crippen LogP contribution in [-0.2, 0) is 6.54 Å². The zero-order valence-electron chi connectivity index (χ0n) is 17.2. The molecular weight excluding hydrogens is 378 g/mol. The summed E-state index contributed by atoms with van der Waals surface area (Å²) in [4.78, 5) is 18.7. The summed E-state index contributed by atoms with van der Waals surface area (Å²) in [6.07, 6.45) is 7.44. The highest BCUT2D eigenvalue weighted by Crippen LogP contribution is 2.26. The Morgan fingerprint density at radius 3 is 2.90 bits per heavy atom. The molecule has 30 heavy (non-hydrogen) atoms. The number of piperidine rings is 1. The zero-order valence-corrected chi connectivity index (χ0v) is 17.2. The predicted molar refractivity (Wildman–Crippen MR) is 115 cm³/mol. The van der Waals surface area contributed by atoms with Crippen molar-refractivity contribution < 1.29 is 9.53 Å². The maximum absolute atomic E-state index is 12.3. The van der Waals surface area contributed by atoms with Gasteiger partial charge >= 0.3 is 0 Å². The number of likely N-dealkylation sites (tertiary alicyclic amines) is 1. The number of hydrogen-bond donors (Lipinski definition) is 2. The number of ether oxygens (including phenoxy) is 1. The summed E-state index contributed by atoms with van der Waals surface area (Å²) in [5, 5.41) is 10.5. The van der Waals surface area contributed by atoms with E-state index in [9.17, 15) is 4.79 Å². The molecule has 2 N–H and O–H groups in total. The number of aromatic amines is 1. The molecule has 1 amide bonds. The minimum atomic E-state index is -0.0585. The van der Waals surface area contributed by atoms with Gasteiger partial charge in [0.05, 0.1) is 24.6 Å². The maximum atomic E-state index is 12.3. The summed E-state index contributed by atoms with van der Waals surface area (Å²) in [6.45, 7) is 3.53. The van der Waals surface area contributed by atoms with Crippen molar-refractivity contribution in [3.63, 3.8) is 0 Å². The van der Waals surface area contributed by atoms with Gasteiger partial charge in [0.1, 0.15) is 5.75 Å². The molecule has 0 spiro atoms. The predicted octanol–water partition coefficient (Wildman–Crippen LogP) is 3.12. The van der Waals surface area contributed by atoms with Crippen molar-refractivity contribution in [1.82, 2.24) is 25.4 Å². The highest BCUT2D eigenvalue weighted by atomic mass is 16.5. The number of rotatable bonds is 7. The first-order valence-corrected chi connectivity index (χ1v) is 10.3. The molecular formula is C23H27N5O2. The van der Waals surface area contributed by atoms with Crippen LogP contribution in [0.5, 0.6) is 5.75 Å². The minimum absolute atomic E-state index is 0.0585. The van der Waals surface area contributed by atoms with Crippen molar-refractivity contribution in [1.29, 1.82) is 0 Å². The first-order chi connectivity index (χ1) is 14.7. The number of methoxy groups -OCH3 is 1. The molecule has 0 bridgehead atoms. The Hall–Kier alpha value is -3.19. The van der Waals surface area contributed by atoms with E-state index in [4.69, 9.17) is 4.74 Å². The lowest BCUT2D eigenvalue weighted by atomic mass is 9.97. The lowest BCUT2D eigenvalue weighted by Gasteiger charge is -2.32. The molecule has 156 valence electrons. The van der Waals surface area contributed by atoms with Gasteiger partial charge in [-0.15, -0.1) is 0 Å². The van der Waals surface area contributed by atoms with Crippen molar-refractivity contribution in [2.24, 2.45) is 5.92 Å². The first kappa shape index (κ1) is 20.1. The number of aromatic nitrogens is 3. The molecule has 7 nitrogen and oxygen atoms in total. The van der Waals surface area contributed by atoms with Crippen LogP contribution in [0.25, 0.3) is 11.3 Å². The van der Waals surface area contributed by atoms with E-state index in [1.54, 1.807) is 31.6 Å². The van der Waals surface area contributed by atoms with E-state index >= 15 is 0 Å². The van der Waals surface area contributed by atoms with Crippen molar-refractivity contribution in [3.05, 3.63) is 66.1 Å². The summed E-state index contributed by atoms with van der Waals surface area (Å²) >= 11 is 0. The molecule has 3 aromatic rings. The number of nitrogens with zero attached hydrogens (tertiary/aromatic N) is 3. The van der Waals surface area contributed by atoms with E-state index in [1.165, 1.54) is 5.56 Å². The Morgan fingerprint density at radius 2 is 2.13 bits per heavy atom. The molecule has 0 saturated carbocycles. The fourth-order valence-corrected chi connectivity index (χ4v) is 3.98. The number of carbonyl (C=O) groups excluding carboxylic acids is 1. The number of H-pyrrole nitrogens is 1. The lowest BCUT2D eigenvalue weighted by molar-refractivity contribution is 0.0930. The number of pyridine rings is 1. The average Bonchev–Trinajstić information content (AvgIpc) is 3.26. The van der Waals surface area contributed by atoms with Crippen LogP contribution in [0.2, 0.25) is 0 Å². The Kier molecular flexibility index (Phi) is 6.39. The van der Waals surface area contributed by atoms with Crippen molar-refractivity contribution >= 4 is 5.91 Å². The molecule has 1 aliphatic heterocycles. The second-order valence-corrected chi connectivity index (χ2v) is 7.69. The van der Waals surface area contributed by atoms with Crippen LogP contribution in [0, 0.1) is 5.92 Å².